The zero-order chi connectivity index (χ0) is 29.1. The van der Waals surface area contributed by atoms with Crippen LogP contribution in [0.2, 0.25) is 0 Å². The number of carbonyl (C=O) groups is 2. The van der Waals surface area contributed by atoms with Crippen molar-refractivity contribution in [2.75, 3.05) is 25.2 Å². The number of esters is 1. The number of halogens is 1. The van der Waals surface area contributed by atoms with Crippen molar-refractivity contribution < 1.29 is 23.5 Å². The number of rotatable bonds is 9. The van der Waals surface area contributed by atoms with Gasteiger partial charge in [0.25, 0.3) is 5.91 Å². The van der Waals surface area contributed by atoms with Crippen molar-refractivity contribution in [3.63, 3.8) is 0 Å². The van der Waals surface area contributed by atoms with Crippen molar-refractivity contribution in [3.05, 3.63) is 101 Å². The number of aryl methyl sites for hydroxylation is 1. The summed E-state index contributed by atoms with van der Waals surface area (Å²) in [5.74, 6) is -0.514. The highest BCUT2D eigenvalue weighted by molar-refractivity contribution is 7.80. The summed E-state index contributed by atoms with van der Waals surface area (Å²) in [5.41, 5.74) is 4.15. The van der Waals surface area contributed by atoms with Crippen LogP contribution in [0.1, 0.15) is 30.5 Å². The number of thiocarbonyl (C=S) groups is 1. The van der Waals surface area contributed by atoms with Crippen molar-refractivity contribution in [1.82, 2.24) is 9.47 Å². The maximum Gasteiger partial charge on any atom is 0.325 e. The molecular weight excluding hydrogens is 541 g/mol. The molecule has 1 amide bonds. The van der Waals surface area contributed by atoms with E-state index in [2.05, 4.69) is 6.92 Å². The van der Waals surface area contributed by atoms with Crippen LogP contribution >= 0.6 is 12.2 Å². The smallest absolute Gasteiger partial charge is 0.325 e. The molecule has 1 aliphatic heterocycles. The number of amides is 1. The number of ether oxygens (including phenoxy) is 2. The Morgan fingerprint density at radius 2 is 1.73 bits per heavy atom. The lowest BCUT2D eigenvalue weighted by Gasteiger charge is -2.19. The SMILES string of the molecule is CCOc1ccc(N2C(=O)/C(=C/c3cn(Cc4ccccc4F)c4c(CC)cccc34)N(CC(=O)OC)C2=S)cc1. The van der Waals surface area contributed by atoms with Crippen molar-refractivity contribution in [3.8, 4) is 5.75 Å². The molecule has 9 heteroatoms. The second kappa shape index (κ2) is 11.9. The van der Waals surface area contributed by atoms with Crippen molar-refractivity contribution in [2.24, 2.45) is 0 Å². The normalized spacial score (nSPS) is 14.4. The van der Waals surface area contributed by atoms with Gasteiger partial charge in [-0.05, 0) is 67.5 Å². The summed E-state index contributed by atoms with van der Waals surface area (Å²) in [6, 6.07) is 19.7. The average molecular weight is 572 g/mol. The highest BCUT2D eigenvalue weighted by Gasteiger charge is 2.40. The van der Waals surface area contributed by atoms with Gasteiger partial charge < -0.3 is 18.9 Å². The first kappa shape index (κ1) is 28.0. The lowest BCUT2D eigenvalue weighted by atomic mass is 10.1. The highest BCUT2D eigenvalue weighted by atomic mass is 32.1. The summed E-state index contributed by atoms with van der Waals surface area (Å²) < 4.78 is 27.1. The third kappa shape index (κ3) is 5.45. The molecule has 0 bridgehead atoms. The Balaban J connectivity index is 1.62. The van der Waals surface area contributed by atoms with Gasteiger partial charge in [0.1, 0.15) is 23.8 Å². The summed E-state index contributed by atoms with van der Waals surface area (Å²) in [6.07, 6.45) is 4.43. The van der Waals surface area contributed by atoms with Gasteiger partial charge in [-0.25, -0.2) is 4.39 Å². The molecule has 1 saturated heterocycles. The van der Waals surface area contributed by atoms with E-state index in [1.54, 1.807) is 42.5 Å². The lowest BCUT2D eigenvalue weighted by molar-refractivity contribution is -0.140. The molecule has 0 spiro atoms. The topological polar surface area (TPSA) is 64.0 Å². The van der Waals surface area contributed by atoms with E-state index in [4.69, 9.17) is 21.7 Å². The molecule has 5 rings (SSSR count). The molecule has 0 radical (unpaired) electrons. The van der Waals surface area contributed by atoms with E-state index in [-0.39, 0.29) is 29.1 Å². The van der Waals surface area contributed by atoms with Gasteiger partial charge in [0.2, 0.25) is 0 Å². The van der Waals surface area contributed by atoms with E-state index in [0.717, 1.165) is 28.5 Å². The van der Waals surface area contributed by atoms with Crippen LogP contribution < -0.4 is 9.64 Å². The Kier molecular flexibility index (Phi) is 8.16. The second-order valence-electron chi connectivity index (χ2n) is 9.51. The summed E-state index contributed by atoms with van der Waals surface area (Å²) in [6.45, 7) is 4.57. The minimum absolute atomic E-state index is 0.167. The molecule has 41 heavy (non-hydrogen) atoms. The number of carbonyl (C=O) groups excluding carboxylic acids is 2. The fourth-order valence-electron chi connectivity index (χ4n) is 5.06. The number of hydrogen-bond acceptors (Lipinski definition) is 5. The molecule has 0 N–H and O–H groups in total. The third-order valence-electron chi connectivity index (χ3n) is 7.04. The van der Waals surface area contributed by atoms with E-state index in [1.165, 1.54) is 23.0 Å². The second-order valence-corrected chi connectivity index (χ2v) is 9.88. The van der Waals surface area contributed by atoms with Crippen molar-refractivity contribution in [2.45, 2.75) is 26.8 Å². The van der Waals surface area contributed by atoms with Gasteiger partial charge in [0.15, 0.2) is 5.11 Å². The van der Waals surface area contributed by atoms with Crippen LogP contribution in [0, 0.1) is 5.82 Å². The number of para-hydroxylation sites is 1. The van der Waals surface area contributed by atoms with Crippen LogP contribution in [-0.2, 0) is 27.3 Å². The summed E-state index contributed by atoms with van der Waals surface area (Å²) in [7, 11) is 1.29. The molecule has 210 valence electrons. The van der Waals surface area contributed by atoms with Crippen molar-refractivity contribution in [1.29, 1.82) is 0 Å². The number of hydrogen-bond donors (Lipinski definition) is 0. The lowest BCUT2D eigenvalue weighted by Crippen LogP contribution is -2.35. The monoisotopic (exact) mass is 571 g/mol. The van der Waals surface area contributed by atoms with Crippen LogP contribution in [0.25, 0.3) is 17.0 Å². The molecule has 0 atom stereocenters. The molecule has 0 unspecified atom stereocenters. The van der Waals surface area contributed by atoms with E-state index >= 15 is 0 Å². The van der Waals surface area contributed by atoms with Crippen LogP contribution in [0.15, 0.2) is 78.6 Å². The third-order valence-corrected chi connectivity index (χ3v) is 7.44. The standard InChI is InChI=1S/C32H30FN3O4S/c1-4-21-10-8-11-26-23(19-34(30(21)26)18-22-9-6-7-12-27(22)33)17-28-31(38)36(32(41)35(28)20-29(37)39-3)24-13-15-25(16-14-24)40-5-2/h6-17,19H,4-5,18,20H2,1-3H3/b28-17-. The van der Waals surface area contributed by atoms with Crippen LogP contribution in [-0.4, -0.2) is 46.7 Å². The fourth-order valence-corrected chi connectivity index (χ4v) is 5.41. The number of fused-ring (bicyclic) bond motifs is 1. The minimum Gasteiger partial charge on any atom is -0.494 e. The molecule has 4 aromatic rings. The molecule has 0 aliphatic carbocycles. The Bertz CT molecular complexity index is 1660. The van der Waals surface area contributed by atoms with Gasteiger partial charge in [-0.15, -0.1) is 0 Å². The van der Waals surface area contributed by atoms with Gasteiger partial charge in [-0.1, -0.05) is 43.3 Å². The maximum absolute atomic E-state index is 14.6. The number of nitrogens with zero attached hydrogens (tertiary/aromatic N) is 3. The number of aromatic nitrogens is 1. The minimum atomic E-state index is -0.533. The first-order chi connectivity index (χ1) is 19.9. The Morgan fingerprint density at radius 3 is 2.41 bits per heavy atom. The van der Waals surface area contributed by atoms with Gasteiger partial charge in [-0.2, -0.15) is 0 Å². The van der Waals surface area contributed by atoms with Gasteiger partial charge in [0.05, 0.1) is 31.5 Å². The molecule has 7 nitrogen and oxygen atoms in total. The quantitative estimate of drug-likeness (QED) is 0.141. The Labute approximate surface area is 243 Å². The molecular formula is C32H30FN3O4S. The van der Waals surface area contributed by atoms with E-state index in [0.29, 0.717) is 30.2 Å². The Morgan fingerprint density at radius 1 is 1.00 bits per heavy atom. The van der Waals surface area contributed by atoms with E-state index in [1.807, 2.05) is 42.0 Å². The molecule has 2 heterocycles. The van der Waals surface area contributed by atoms with Crippen LogP contribution in [0.4, 0.5) is 10.1 Å². The molecule has 1 aliphatic rings. The molecule has 1 fully saturated rings. The van der Waals surface area contributed by atoms with E-state index in [9.17, 15) is 14.0 Å². The van der Waals surface area contributed by atoms with Crippen LogP contribution in [0.3, 0.4) is 0 Å². The summed E-state index contributed by atoms with van der Waals surface area (Å²) >= 11 is 5.71. The zero-order valence-electron chi connectivity index (χ0n) is 23.1. The Hall–Kier alpha value is -4.50. The number of benzene rings is 3. The summed E-state index contributed by atoms with van der Waals surface area (Å²) in [4.78, 5) is 29.2. The number of anilines is 1. The predicted molar refractivity (Wildman–Crippen MR) is 161 cm³/mol. The maximum atomic E-state index is 14.6. The van der Waals surface area contributed by atoms with E-state index < -0.39 is 5.97 Å². The van der Waals surface area contributed by atoms with Crippen molar-refractivity contribution >= 4 is 51.9 Å². The first-order valence-corrected chi connectivity index (χ1v) is 13.8. The van der Waals surface area contributed by atoms with Gasteiger partial charge >= 0.3 is 5.97 Å². The van der Waals surface area contributed by atoms with Gasteiger partial charge in [-0.3, -0.25) is 14.5 Å². The largest absolute Gasteiger partial charge is 0.494 e. The highest BCUT2D eigenvalue weighted by Crippen LogP contribution is 2.33. The fraction of sp³-hybridized carbons (Fsp3) is 0.219. The number of methoxy groups -OCH3 is 1. The average Bonchev–Trinajstić information content (AvgIpc) is 3.44. The van der Waals surface area contributed by atoms with Gasteiger partial charge in [0, 0.05) is 22.7 Å². The predicted octanol–water partition coefficient (Wildman–Crippen LogP) is 5.94. The molecule has 0 saturated carbocycles. The zero-order valence-corrected chi connectivity index (χ0v) is 23.9. The molecule has 3 aromatic carbocycles. The van der Waals surface area contributed by atoms with Crippen LogP contribution in [0.5, 0.6) is 5.75 Å². The summed E-state index contributed by atoms with van der Waals surface area (Å²) in [5, 5.41) is 1.07. The molecule has 1 aromatic heterocycles. The first-order valence-electron chi connectivity index (χ1n) is 13.4.